The molecule has 0 aliphatic heterocycles. The highest BCUT2D eigenvalue weighted by atomic mass is 19.4. The average molecular weight is 242 g/mol. The summed E-state index contributed by atoms with van der Waals surface area (Å²) in [5, 5.41) is 0. The van der Waals surface area contributed by atoms with Crippen molar-refractivity contribution in [1.29, 1.82) is 0 Å². The molecule has 0 fully saturated rings. The number of alkyl halides is 6. The van der Waals surface area contributed by atoms with Crippen LogP contribution in [0.25, 0.3) is 0 Å². The summed E-state index contributed by atoms with van der Waals surface area (Å²) in [6, 6.07) is 0. The molecule has 2 nitrogen and oxygen atoms in total. The fourth-order valence-electron chi connectivity index (χ4n) is 0.406. The first-order valence-corrected chi connectivity index (χ1v) is 3.03. The number of carbonyl (C=O) groups is 1. The van der Waals surface area contributed by atoms with Gasteiger partial charge < -0.3 is 4.74 Å². The van der Waals surface area contributed by atoms with E-state index in [0.29, 0.717) is 0 Å². The zero-order valence-corrected chi connectivity index (χ0v) is 6.54. The highest BCUT2D eigenvalue weighted by Gasteiger charge is 2.67. The summed E-state index contributed by atoms with van der Waals surface area (Å²) in [7, 11) is 0. The van der Waals surface area contributed by atoms with Crippen molar-refractivity contribution in [3.05, 3.63) is 12.4 Å². The van der Waals surface area contributed by atoms with E-state index < -0.39 is 36.8 Å². The van der Waals surface area contributed by atoms with Gasteiger partial charge in [-0.2, -0.15) is 22.0 Å². The van der Waals surface area contributed by atoms with Gasteiger partial charge in [0.1, 0.15) is 0 Å². The van der Waals surface area contributed by atoms with Gasteiger partial charge in [0.15, 0.2) is 0 Å². The van der Waals surface area contributed by atoms with Crippen LogP contribution in [0.3, 0.4) is 0 Å². The standard InChI is InChI=1S/C6H3F7O2/c1-2(7)3(14)15-5(10,4(8)9)6(11,12)13/h4H,1H2/i1D2. The maximum Gasteiger partial charge on any atom is 0.466 e. The molecule has 15 heavy (non-hydrogen) atoms. The topological polar surface area (TPSA) is 26.3 Å². The van der Waals surface area contributed by atoms with Crippen molar-refractivity contribution in [2.45, 2.75) is 18.5 Å². The van der Waals surface area contributed by atoms with Gasteiger partial charge in [0, 0.05) is 0 Å². The van der Waals surface area contributed by atoms with Gasteiger partial charge >= 0.3 is 24.4 Å². The van der Waals surface area contributed by atoms with Crippen molar-refractivity contribution in [2.24, 2.45) is 0 Å². The molecule has 0 saturated carbocycles. The Hall–Kier alpha value is -1.28. The molecule has 0 bridgehead atoms. The number of esters is 1. The summed E-state index contributed by atoms with van der Waals surface area (Å²) in [6.45, 7) is -1.94. The van der Waals surface area contributed by atoms with E-state index in [2.05, 4.69) is 4.74 Å². The first kappa shape index (κ1) is 10.2. The number of hydrogen-bond acceptors (Lipinski definition) is 2. The molecule has 0 saturated heterocycles. The highest BCUT2D eigenvalue weighted by molar-refractivity contribution is 5.85. The second-order valence-electron chi connectivity index (χ2n) is 2.15. The lowest BCUT2D eigenvalue weighted by Gasteiger charge is -2.25. The van der Waals surface area contributed by atoms with Gasteiger partial charge in [-0.15, -0.1) is 0 Å². The van der Waals surface area contributed by atoms with E-state index in [1.807, 2.05) is 0 Å². The molecule has 9 heteroatoms. The van der Waals surface area contributed by atoms with Gasteiger partial charge in [-0.25, -0.2) is 13.6 Å². The van der Waals surface area contributed by atoms with Crippen LogP contribution in [0.1, 0.15) is 2.74 Å². The Balaban J connectivity index is 5.20. The van der Waals surface area contributed by atoms with Gasteiger partial charge in [-0.3, -0.25) is 0 Å². The van der Waals surface area contributed by atoms with Gasteiger partial charge in [-0.05, 0) is 0 Å². The maximum absolute atomic E-state index is 12.7. The van der Waals surface area contributed by atoms with Crippen LogP contribution in [-0.2, 0) is 9.53 Å². The molecule has 0 aliphatic carbocycles. The van der Waals surface area contributed by atoms with Crippen molar-refractivity contribution < 1.29 is 43.0 Å². The monoisotopic (exact) mass is 242 g/mol. The average Bonchev–Trinajstić information content (AvgIpc) is 2.13. The van der Waals surface area contributed by atoms with E-state index >= 15 is 0 Å². The number of hydrogen-bond donors (Lipinski definition) is 0. The van der Waals surface area contributed by atoms with Crippen molar-refractivity contribution in [3.63, 3.8) is 0 Å². The first-order chi connectivity index (χ1) is 7.43. The number of rotatable bonds is 3. The van der Waals surface area contributed by atoms with Crippen LogP contribution in [0.2, 0.25) is 0 Å². The molecule has 0 heterocycles. The number of halogens is 7. The van der Waals surface area contributed by atoms with Crippen LogP contribution >= 0.6 is 0 Å². The minimum absolute atomic E-state index is 1.94. The van der Waals surface area contributed by atoms with E-state index in [0.717, 1.165) is 0 Å². The molecule has 1 unspecified atom stereocenters. The summed E-state index contributed by atoms with van der Waals surface area (Å²) < 4.78 is 99.0. The van der Waals surface area contributed by atoms with E-state index in [1.54, 1.807) is 0 Å². The van der Waals surface area contributed by atoms with Gasteiger partial charge in [-0.1, -0.05) is 6.53 Å². The normalized spacial score (nSPS) is 17.6. The van der Waals surface area contributed by atoms with E-state index in [-0.39, 0.29) is 0 Å². The zero-order valence-electron chi connectivity index (χ0n) is 8.54. The molecular formula is C6H3F7O2. The molecule has 0 rings (SSSR count). The van der Waals surface area contributed by atoms with E-state index in [4.69, 9.17) is 2.74 Å². The molecule has 0 aromatic heterocycles. The third-order valence-corrected chi connectivity index (χ3v) is 1.09. The lowest BCUT2D eigenvalue weighted by molar-refractivity contribution is -0.355. The summed E-state index contributed by atoms with van der Waals surface area (Å²) in [4.78, 5) is 10.4. The lowest BCUT2D eigenvalue weighted by Crippen LogP contribution is -2.51. The SMILES string of the molecule is [2H]C([2H])=C(F)C(=O)OC(F)(C(F)F)C(F)(F)F. The van der Waals surface area contributed by atoms with Crippen LogP contribution in [0.4, 0.5) is 30.7 Å². The first-order valence-electron chi connectivity index (χ1n) is 4.03. The van der Waals surface area contributed by atoms with Gasteiger partial charge in [0.25, 0.3) is 0 Å². The third kappa shape index (κ3) is 2.83. The maximum atomic E-state index is 12.7. The fraction of sp³-hybridized carbons (Fsp3) is 0.500. The summed E-state index contributed by atoms with van der Waals surface area (Å²) in [5.74, 6) is -11.0. The minimum Gasteiger partial charge on any atom is -0.410 e. The van der Waals surface area contributed by atoms with Crippen LogP contribution in [0.15, 0.2) is 12.4 Å². The largest absolute Gasteiger partial charge is 0.466 e. The lowest BCUT2D eigenvalue weighted by atomic mass is 10.3. The van der Waals surface area contributed by atoms with Crippen molar-refractivity contribution >= 4 is 5.97 Å². The zero-order chi connectivity index (χ0) is 14.0. The van der Waals surface area contributed by atoms with Crippen LogP contribution < -0.4 is 0 Å². The quantitative estimate of drug-likeness (QED) is 0.431. The smallest absolute Gasteiger partial charge is 0.410 e. The van der Waals surface area contributed by atoms with Gasteiger partial charge in [0.2, 0.25) is 5.83 Å². The Morgan fingerprint density at radius 1 is 1.33 bits per heavy atom. The molecule has 0 radical (unpaired) electrons. The predicted octanol–water partition coefficient (Wildman–Crippen LogP) is 2.51. The Morgan fingerprint density at radius 2 is 1.80 bits per heavy atom. The van der Waals surface area contributed by atoms with Crippen molar-refractivity contribution in [2.75, 3.05) is 0 Å². The minimum atomic E-state index is -6.29. The Morgan fingerprint density at radius 3 is 2.07 bits per heavy atom. The van der Waals surface area contributed by atoms with E-state index in [9.17, 15) is 35.5 Å². The molecule has 1 atom stereocenters. The van der Waals surface area contributed by atoms with Crippen molar-refractivity contribution in [1.82, 2.24) is 0 Å². The molecule has 0 N–H and O–H groups in total. The Bertz CT molecular complexity index is 336. The molecule has 88 valence electrons. The molecule has 0 aromatic rings. The summed E-state index contributed by atoms with van der Waals surface area (Å²) in [6.07, 6.45) is -11.1. The van der Waals surface area contributed by atoms with Gasteiger partial charge in [0.05, 0.1) is 2.74 Å². The fourth-order valence-corrected chi connectivity index (χ4v) is 0.406. The number of carbonyl (C=O) groups excluding carboxylic acids is 1. The third-order valence-electron chi connectivity index (χ3n) is 1.09. The number of ether oxygens (including phenoxy) is 1. The second-order valence-corrected chi connectivity index (χ2v) is 2.15. The second kappa shape index (κ2) is 4.07. The molecule has 0 amide bonds. The van der Waals surface area contributed by atoms with Crippen LogP contribution in [0, 0.1) is 0 Å². The van der Waals surface area contributed by atoms with Crippen molar-refractivity contribution in [3.8, 4) is 0 Å². The highest BCUT2D eigenvalue weighted by Crippen LogP contribution is 2.40. The van der Waals surface area contributed by atoms with E-state index in [1.165, 1.54) is 0 Å². The Kier molecular flexibility index (Phi) is 2.78. The van der Waals surface area contributed by atoms with Crippen LogP contribution in [-0.4, -0.2) is 24.4 Å². The molecule has 0 spiro atoms. The summed E-state index contributed by atoms with van der Waals surface area (Å²) in [5.41, 5.74) is 0. The Labute approximate surface area is 81.1 Å². The molecule has 0 aliphatic rings. The molecule has 0 aromatic carbocycles. The summed E-state index contributed by atoms with van der Waals surface area (Å²) >= 11 is 0. The van der Waals surface area contributed by atoms with Crippen LogP contribution in [0.5, 0.6) is 0 Å². The predicted molar refractivity (Wildman–Crippen MR) is 32.2 cm³/mol. The molecular weight excluding hydrogens is 237 g/mol.